The molecule has 0 spiro atoms. The number of amides is 2. The molecule has 0 atom stereocenters. The van der Waals surface area contributed by atoms with Crippen molar-refractivity contribution in [2.45, 2.75) is 27.2 Å². The second-order valence-corrected chi connectivity index (χ2v) is 4.88. The Balaban J connectivity index is 4.34. The van der Waals surface area contributed by atoms with E-state index >= 15 is 0 Å². The van der Waals surface area contributed by atoms with Crippen LogP contribution in [0.4, 0.5) is 4.79 Å². The van der Waals surface area contributed by atoms with Crippen molar-refractivity contribution in [3.05, 3.63) is 0 Å². The molecule has 0 radical (unpaired) electrons. The van der Waals surface area contributed by atoms with Crippen LogP contribution < -0.4 is 0 Å². The van der Waals surface area contributed by atoms with Crippen molar-refractivity contribution in [1.82, 2.24) is 9.80 Å². The van der Waals surface area contributed by atoms with Gasteiger partial charge < -0.3 is 20.1 Å². The fourth-order valence-electron chi connectivity index (χ4n) is 1.18. The van der Waals surface area contributed by atoms with E-state index in [1.165, 1.54) is 0 Å². The van der Waals surface area contributed by atoms with Gasteiger partial charge in [-0.2, -0.15) is 0 Å². The molecule has 0 unspecified atom stereocenters. The van der Waals surface area contributed by atoms with Gasteiger partial charge in [-0.15, -0.1) is 0 Å². The molecule has 118 valence electrons. The molecule has 0 aliphatic carbocycles. The van der Waals surface area contributed by atoms with Crippen LogP contribution >= 0.6 is 0 Å². The van der Waals surface area contributed by atoms with E-state index in [4.69, 9.17) is 20.1 Å². The van der Waals surface area contributed by atoms with Crippen LogP contribution in [-0.2, 0) is 9.53 Å². The van der Waals surface area contributed by atoms with Crippen molar-refractivity contribution in [2.75, 3.05) is 33.3 Å². The average Bonchev–Trinajstić information content (AvgIpc) is 2.44. The molecule has 8 nitrogen and oxygen atoms in total. The number of hydrogen-bond acceptors (Lipinski definition) is 6. The Hall–Kier alpha value is -1.38. The van der Waals surface area contributed by atoms with Crippen molar-refractivity contribution in [3.8, 4) is 0 Å². The number of aliphatic hydroxyl groups excluding tert-OH is 3. The number of ether oxygens (including phenoxy) is 1. The molecule has 0 fully saturated rings. The average molecular weight is 292 g/mol. The van der Waals surface area contributed by atoms with Crippen molar-refractivity contribution in [3.63, 3.8) is 0 Å². The third kappa shape index (κ3) is 5.32. The fourth-order valence-corrected chi connectivity index (χ4v) is 1.18. The summed E-state index contributed by atoms with van der Waals surface area (Å²) in [7, 11) is 0. The summed E-state index contributed by atoms with van der Waals surface area (Å²) in [5, 5.41) is 26.8. The van der Waals surface area contributed by atoms with Gasteiger partial charge in [0.2, 0.25) is 0 Å². The number of carbonyl (C=O) groups is 2. The predicted molar refractivity (Wildman–Crippen MR) is 70.2 cm³/mol. The second-order valence-electron chi connectivity index (χ2n) is 4.88. The standard InChI is InChI=1S/C12H24N2O6/c1-4-12(2,3)10(18)20-6-5-13(7-15)11(19)14(8-16)9-17/h15-17H,4-9H2,1-3H3. The van der Waals surface area contributed by atoms with Gasteiger partial charge in [-0.1, -0.05) is 6.92 Å². The lowest BCUT2D eigenvalue weighted by atomic mass is 9.91. The molecule has 0 aromatic rings. The maximum atomic E-state index is 11.7. The number of hydrogen-bond donors (Lipinski definition) is 3. The molecule has 8 heteroatoms. The topological polar surface area (TPSA) is 111 Å². The van der Waals surface area contributed by atoms with E-state index in [9.17, 15) is 9.59 Å². The Kier molecular flexibility index (Phi) is 8.12. The molecule has 0 saturated carbocycles. The largest absolute Gasteiger partial charge is 0.463 e. The molecule has 0 aliphatic rings. The highest BCUT2D eigenvalue weighted by Crippen LogP contribution is 2.21. The maximum Gasteiger partial charge on any atom is 0.325 e. The first-order chi connectivity index (χ1) is 9.33. The van der Waals surface area contributed by atoms with Gasteiger partial charge in [0.1, 0.15) is 26.8 Å². The van der Waals surface area contributed by atoms with E-state index in [0.717, 1.165) is 4.90 Å². The first-order valence-corrected chi connectivity index (χ1v) is 6.37. The highest BCUT2D eigenvalue weighted by Gasteiger charge is 2.27. The molecule has 3 N–H and O–H groups in total. The van der Waals surface area contributed by atoms with Gasteiger partial charge in [-0.05, 0) is 20.3 Å². The number of nitrogens with zero attached hydrogens (tertiary/aromatic N) is 2. The molecule has 0 aromatic carbocycles. The molecular formula is C12H24N2O6. The Labute approximate surface area is 118 Å². The molecule has 0 aromatic heterocycles. The molecule has 0 rings (SSSR count). The van der Waals surface area contributed by atoms with Crippen LogP contribution in [0.3, 0.4) is 0 Å². The molecular weight excluding hydrogens is 268 g/mol. The summed E-state index contributed by atoms with van der Waals surface area (Å²) in [4.78, 5) is 25.1. The zero-order valence-electron chi connectivity index (χ0n) is 12.2. The minimum Gasteiger partial charge on any atom is -0.463 e. The van der Waals surface area contributed by atoms with Gasteiger partial charge in [-0.3, -0.25) is 14.6 Å². The lowest BCUT2D eigenvalue weighted by Gasteiger charge is -2.27. The maximum absolute atomic E-state index is 11.7. The van der Waals surface area contributed by atoms with Gasteiger partial charge in [0.25, 0.3) is 0 Å². The number of aliphatic hydroxyl groups is 3. The molecule has 0 heterocycles. The summed E-state index contributed by atoms with van der Waals surface area (Å²) < 4.78 is 5.04. The SMILES string of the molecule is CCC(C)(C)C(=O)OCCN(CO)C(=O)N(CO)CO. The normalized spacial score (nSPS) is 11.1. The van der Waals surface area contributed by atoms with Crippen LogP contribution in [0.25, 0.3) is 0 Å². The first-order valence-electron chi connectivity index (χ1n) is 6.37. The predicted octanol–water partition coefficient (Wildman–Crippen LogP) is -0.461. The van der Waals surface area contributed by atoms with Crippen LogP contribution in [-0.4, -0.2) is 70.5 Å². The van der Waals surface area contributed by atoms with Crippen LogP contribution in [0.5, 0.6) is 0 Å². The second kappa shape index (κ2) is 8.72. The molecule has 0 saturated heterocycles. The number of carbonyl (C=O) groups excluding carboxylic acids is 2. The van der Waals surface area contributed by atoms with Gasteiger partial charge in [0.15, 0.2) is 0 Å². The summed E-state index contributed by atoms with van der Waals surface area (Å²) >= 11 is 0. The number of esters is 1. The third-order valence-electron chi connectivity index (χ3n) is 3.08. The van der Waals surface area contributed by atoms with Crippen LogP contribution in [0.15, 0.2) is 0 Å². The minimum absolute atomic E-state index is 0.0304. The smallest absolute Gasteiger partial charge is 0.325 e. The van der Waals surface area contributed by atoms with Crippen molar-refractivity contribution in [2.24, 2.45) is 5.41 Å². The molecule has 2 amide bonds. The highest BCUT2D eigenvalue weighted by atomic mass is 16.5. The monoisotopic (exact) mass is 292 g/mol. The number of urea groups is 1. The fraction of sp³-hybridized carbons (Fsp3) is 0.833. The van der Waals surface area contributed by atoms with Gasteiger partial charge in [-0.25, -0.2) is 4.79 Å². The van der Waals surface area contributed by atoms with Gasteiger partial charge >= 0.3 is 12.0 Å². The van der Waals surface area contributed by atoms with Gasteiger partial charge in [0, 0.05) is 0 Å². The zero-order valence-corrected chi connectivity index (χ0v) is 12.2. The number of rotatable bonds is 8. The van der Waals surface area contributed by atoms with E-state index in [2.05, 4.69) is 0 Å². The van der Waals surface area contributed by atoms with E-state index in [1.807, 2.05) is 6.92 Å². The lowest BCUT2D eigenvalue weighted by molar-refractivity contribution is -0.154. The van der Waals surface area contributed by atoms with Crippen molar-refractivity contribution in [1.29, 1.82) is 0 Å². The molecule has 0 bridgehead atoms. The van der Waals surface area contributed by atoms with Crippen LogP contribution in [0.1, 0.15) is 27.2 Å². The Bertz CT molecular complexity index is 317. The summed E-state index contributed by atoms with van der Waals surface area (Å²) in [6.07, 6.45) is 0.622. The Morgan fingerprint density at radius 1 is 1.05 bits per heavy atom. The first kappa shape index (κ1) is 18.6. The van der Waals surface area contributed by atoms with E-state index in [-0.39, 0.29) is 19.1 Å². The summed E-state index contributed by atoms with van der Waals surface area (Å²) in [6, 6.07) is -0.747. The minimum atomic E-state index is -0.747. The summed E-state index contributed by atoms with van der Waals surface area (Å²) in [5.41, 5.74) is -0.601. The lowest BCUT2D eigenvalue weighted by Crippen LogP contribution is -2.46. The van der Waals surface area contributed by atoms with Crippen molar-refractivity contribution >= 4 is 12.0 Å². The quantitative estimate of drug-likeness (QED) is 0.412. The summed E-state index contributed by atoms with van der Waals surface area (Å²) in [6.45, 7) is 3.32. The zero-order chi connectivity index (χ0) is 15.8. The third-order valence-corrected chi connectivity index (χ3v) is 3.08. The highest BCUT2D eigenvalue weighted by molar-refractivity contribution is 5.76. The molecule has 0 aliphatic heterocycles. The Morgan fingerprint density at radius 2 is 1.55 bits per heavy atom. The van der Waals surface area contributed by atoms with E-state index < -0.39 is 31.6 Å². The van der Waals surface area contributed by atoms with E-state index in [0.29, 0.717) is 11.3 Å². The van der Waals surface area contributed by atoms with Gasteiger partial charge in [0.05, 0.1) is 12.0 Å². The van der Waals surface area contributed by atoms with Crippen molar-refractivity contribution < 1.29 is 29.6 Å². The van der Waals surface area contributed by atoms with Crippen LogP contribution in [0.2, 0.25) is 0 Å². The van der Waals surface area contributed by atoms with Crippen LogP contribution in [0, 0.1) is 5.41 Å². The van der Waals surface area contributed by atoms with E-state index in [1.54, 1.807) is 13.8 Å². The Morgan fingerprint density at radius 3 is 1.95 bits per heavy atom. The molecule has 20 heavy (non-hydrogen) atoms. The summed E-state index contributed by atoms with van der Waals surface area (Å²) in [5.74, 6) is -0.383.